The second-order valence-corrected chi connectivity index (χ2v) is 10.5. The standard InChI is InChI=1S/C35H35N3O3/c1-2-3-19-38-31(34(28-12-6-4-7-13-28)36-35(38)29-14-8-5-9-15-29)24-37(22-26-11-10-16-30(39)20-26)23-27-17-18-32-33(21-27)41-25-40-32/h4-18,20-21,39H,2-3,19,22-25H2,1H3. The SMILES string of the molecule is CCCCn1c(-c2ccccc2)nc(-c2ccccc2)c1CN(Cc1cccc(O)c1)Cc1ccc2c(c1)OCO2. The fourth-order valence-electron chi connectivity index (χ4n) is 5.43. The van der Waals surface area contributed by atoms with Gasteiger partial charge < -0.3 is 19.1 Å². The molecule has 0 spiro atoms. The van der Waals surface area contributed by atoms with E-state index in [1.165, 1.54) is 5.69 Å². The van der Waals surface area contributed by atoms with Crippen molar-refractivity contribution < 1.29 is 14.6 Å². The van der Waals surface area contributed by atoms with Crippen LogP contribution in [0.2, 0.25) is 0 Å². The van der Waals surface area contributed by atoms with Crippen molar-refractivity contribution in [1.82, 2.24) is 14.5 Å². The molecule has 1 aromatic heterocycles. The number of unbranched alkanes of at least 4 members (excludes halogenated alkanes) is 1. The van der Waals surface area contributed by atoms with Gasteiger partial charge in [-0.2, -0.15) is 0 Å². The Bertz CT molecular complexity index is 1600. The minimum absolute atomic E-state index is 0.255. The van der Waals surface area contributed by atoms with E-state index in [4.69, 9.17) is 14.5 Å². The first-order valence-electron chi connectivity index (χ1n) is 14.3. The molecule has 4 aromatic carbocycles. The Morgan fingerprint density at radius 3 is 2.20 bits per heavy atom. The molecule has 6 nitrogen and oxygen atoms in total. The predicted molar refractivity (Wildman–Crippen MR) is 162 cm³/mol. The number of phenolic OH excluding ortho intramolecular Hbond substituents is 1. The van der Waals surface area contributed by atoms with Crippen LogP contribution in [-0.2, 0) is 26.2 Å². The minimum Gasteiger partial charge on any atom is -0.508 e. The lowest BCUT2D eigenvalue weighted by atomic mass is 10.1. The van der Waals surface area contributed by atoms with E-state index in [-0.39, 0.29) is 12.5 Å². The number of ether oxygens (including phenoxy) is 2. The van der Waals surface area contributed by atoms with Crippen LogP contribution in [0, 0.1) is 0 Å². The lowest BCUT2D eigenvalue weighted by Gasteiger charge is -2.25. The molecule has 2 heterocycles. The van der Waals surface area contributed by atoms with Crippen molar-refractivity contribution in [2.75, 3.05) is 6.79 Å². The smallest absolute Gasteiger partial charge is 0.231 e. The van der Waals surface area contributed by atoms with Crippen LogP contribution in [0.1, 0.15) is 36.6 Å². The Kier molecular flexibility index (Phi) is 8.01. The maximum absolute atomic E-state index is 10.2. The monoisotopic (exact) mass is 545 g/mol. The Hall–Kier alpha value is -4.55. The largest absolute Gasteiger partial charge is 0.508 e. The van der Waals surface area contributed by atoms with E-state index >= 15 is 0 Å². The molecule has 208 valence electrons. The van der Waals surface area contributed by atoms with Gasteiger partial charge in [-0.15, -0.1) is 0 Å². The molecular formula is C35H35N3O3. The molecule has 1 N–H and O–H groups in total. The third-order valence-electron chi connectivity index (χ3n) is 7.42. The number of phenols is 1. The highest BCUT2D eigenvalue weighted by Crippen LogP contribution is 2.35. The third-order valence-corrected chi connectivity index (χ3v) is 7.42. The summed E-state index contributed by atoms with van der Waals surface area (Å²) in [6, 6.07) is 34.6. The molecule has 0 radical (unpaired) electrons. The molecule has 0 fully saturated rings. The first kappa shape index (κ1) is 26.7. The summed E-state index contributed by atoms with van der Waals surface area (Å²) in [4.78, 5) is 7.70. The molecule has 0 bridgehead atoms. The topological polar surface area (TPSA) is 59.8 Å². The molecule has 0 saturated heterocycles. The zero-order chi connectivity index (χ0) is 28.0. The number of aromatic hydroxyl groups is 1. The summed E-state index contributed by atoms with van der Waals surface area (Å²) >= 11 is 0. The molecule has 0 aliphatic carbocycles. The molecular weight excluding hydrogens is 510 g/mol. The lowest BCUT2D eigenvalue weighted by molar-refractivity contribution is 0.174. The molecule has 5 aromatic rings. The van der Waals surface area contributed by atoms with Crippen LogP contribution >= 0.6 is 0 Å². The summed E-state index contributed by atoms with van der Waals surface area (Å²) < 4.78 is 13.6. The fourth-order valence-corrected chi connectivity index (χ4v) is 5.43. The van der Waals surface area contributed by atoms with Gasteiger partial charge in [0, 0.05) is 37.3 Å². The summed E-state index contributed by atoms with van der Waals surface area (Å²) in [7, 11) is 0. The molecule has 41 heavy (non-hydrogen) atoms. The Morgan fingerprint density at radius 1 is 0.756 bits per heavy atom. The second-order valence-electron chi connectivity index (χ2n) is 10.5. The van der Waals surface area contributed by atoms with Crippen molar-refractivity contribution in [2.45, 2.75) is 45.9 Å². The zero-order valence-electron chi connectivity index (χ0n) is 23.4. The normalized spacial score (nSPS) is 12.2. The van der Waals surface area contributed by atoms with Crippen molar-refractivity contribution in [3.05, 3.63) is 120 Å². The van der Waals surface area contributed by atoms with Gasteiger partial charge in [-0.25, -0.2) is 4.98 Å². The van der Waals surface area contributed by atoms with E-state index in [1.807, 2.05) is 30.3 Å². The number of fused-ring (bicyclic) bond motifs is 1. The van der Waals surface area contributed by atoms with Crippen LogP contribution in [0.5, 0.6) is 17.2 Å². The summed E-state index contributed by atoms with van der Waals surface area (Å²) in [5.74, 6) is 2.83. The van der Waals surface area contributed by atoms with Gasteiger partial charge in [0.25, 0.3) is 0 Å². The molecule has 0 atom stereocenters. The van der Waals surface area contributed by atoms with Gasteiger partial charge in [0.1, 0.15) is 11.6 Å². The maximum Gasteiger partial charge on any atom is 0.231 e. The van der Waals surface area contributed by atoms with Gasteiger partial charge in [-0.3, -0.25) is 4.90 Å². The third kappa shape index (κ3) is 6.13. The summed E-state index contributed by atoms with van der Waals surface area (Å²) in [6.45, 7) is 5.41. The summed E-state index contributed by atoms with van der Waals surface area (Å²) in [6.07, 6.45) is 2.16. The van der Waals surface area contributed by atoms with E-state index in [2.05, 4.69) is 83.1 Å². The molecule has 0 saturated carbocycles. The average molecular weight is 546 g/mol. The molecule has 1 aliphatic rings. The van der Waals surface area contributed by atoms with Crippen molar-refractivity contribution in [3.63, 3.8) is 0 Å². The van der Waals surface area contributed by atoms with E-state index < -0.39 is 0 Å². The number of nitrogens with zero attached hydrogens (tertiary/aromatic N) is 3. The highest BCUT2D eigenvalue weighted by molar-refractivity contribution is 5.68. The average Bonchev–Trinajstić information content (AvgIpc) is 3.61. The van der Waals surface area contributed by atoms with E-state index in [9.17, 15) is 5.11 Å². The zero-order valence-corrected chi connectivity index (χ0v) is 23.4. The first-order valence-corrected chi connectivity index (χ1v) is 14.3. The Balaban J connectivity index is 1.44. The van der Waals surface area contributed by atoms with Gasteiger partial charge in [0.15, 0.2) is 11.5 Å². The maximum atomic E-state index is 10.2. The molecule has 6 heteroatoms. The Labute approximate surface area is 241 Å². The van der Waals surface area contributed by atoms with Crippen molar-refractivity contribution in [1.29, 1.82) is 0 Å². The van der Waals surface area contributed by atoms with Crippen LogP contribution in [0.25, 0.3) is 22.6 Å². The molecule has 1 aliphatic heterocycles. The molecule has 6 rings (SSSR count). The van der Waals surface area contributed by atoms with Crippen LogP contribution < -0.4 is 9.47 Å². The summed E-state index contributed by atoms with van der Waals surface area (Å²) in [5, 5.41) is 10.2. The number of imidazole rings is 1. The number of benzene rings is 4. The summed E-state index contributed by atoms with van der Waals surface area (Å²) in [5.41, 5.74) is 6.60. The van der Waals surface area contributed by atoms with Crippen LogP contribution in [-0.4, -0.2) is 26.4 Å². The number of rotatable bonds is 11. The predicted octanol–water partition coefficient (Wildman–Crippen LogP) is 7.65. The highest BCUT2D eigenvalue weighted by Gasteiger charge is 2.23. The van der Waals surface area contributed by atoms with E-state index in [0.29, 0.717) is 19.6 Å². The van der Waals surface area contributed by atoms with Gasteiger partial charge >= 0.3 is 0 Å². The lowest BCUT2D eigenvalue weighted by Crippen LogP contribution is -2.24. The van der Waals surface area contributed by atoms with Crippen LogP contribution in [0.4, 0.5) is 0 Å². The van der Waals surface area contributed by atoms with Crippen LogP contribution in [0.15, 0.2) is 103 Å². The van der Waals surface area contributed by atoms with Gasteiger partial charge in [0.2, 0.25) is 6.79 Å². The minimum atomic E-state index is 0.255. The van der Waals surface area contributed by atoms with Gasteiger partial charge in [-0.1, -0.05) is 92.2 Å². The second kappa shape index (κ2) is 12.3. The molecule has 0 amide bonds. The van der Waals surface area contributed by atoms with Crippen molar-refractivity contribution >= 4 is 0 Å². The van der Waals surface area contributed by atoms with Crippen molar-refractivity contribution in [3.8, 4) is 39.9 Å². The first-order chi connectivity index (χ1) is 20.2. The van der Waals surface area contributed by atoms with E-state index in [0.717, 1.165) is 64.7 Å². The Morgan fingerprint density at radius 2 is 1.46 bits per heavy atom. The van der Waals surface area contributed by atoms with E-state index in [1.54, 1.807) is 6.07 Å². The number of hydrogen-bond donors (Lipinski definition) is 1. The van der Waals surface area contributed by atoms with Crippen molar-refractivity contribution in [2.24, 2.45) is 0 Å². The van der Waals surface area contributed by atoms with Crippen LogP contribution in [0.3, 0.4) is 0 Å². The van der Waals surface area contributed by atoms with Gasteiger partial charge in [-0.05, 0) is 41.8 Å². The molecule has 0 unspecified atom stereocenters. The highest BCUT2D eigenvalue weighted by atomic mass is 16.7. The number of aromatic nitrogens is 2. The quantitative estimate of drug-likeness (QED) is 0.185. The fraction of sp³-hybridized carbons (Fsp3) is 0.229. The number of hydrogen-bond acceptors (Lipinski definition) is 5. The van der Waals surface area contributed by atoms with Gasteiger partial charge in [0.05, 0.1) is 11.4 Å².